The van der Waals surface area contributed by atoms with Gasteiger partial charge in [0.1, 0.15) is 0 Å². The molecular formula is C9H12N4O. The van der Waals surface area contributed by atoms with Crippen molar-refractivity contribution in [2.24, 2.45) is 0 Å². The summed E-state index contributed by atoms with van der Waals surface area (Å²) in [6, 6.07) is 1.80. The summed E-state index contributed by atoms with van der Waals surface area (Å²) in [5, 5.41) is 7.61. The Morgan fingerprint density at radius 3 is 3.00 bits per heavy atom. The molecule has 0 aromatic carbocycles. The summed E-state index contributed by atoms with van der Waals surface area (Å²) in [4.78, 5) is 4.09. The molecule has 5 nitrogen and oxygen atoms in total. The third-order valence-corrected chi connectivity index (χ3v) is 1.75. The highest BCUT2D eigenvalue weighted by Crippen LogP contribution is 2.23. The normalized spacial score (nSPS) is 11.1. The van der Waals surface area contributed by atoms with E-state index in [1.165, 1.54) is 0 Å². The van der Waals surface area contributed by atoms with Crippen LogP contribution in [0.4, 0.5) is 5.69 Å². The summed E-state index contributed by atoms with van der Waals surface area (Å²) >= 11 is 0. The predicted molar refractivity (Wildman–Crippen MR) is 54.1 cm³/mol. The molecule has 0 bridgehead atoms. The number of pyridine rings is 1. The molecule has 2 aromatic rings. The van der Waals surface area contributed by atoms with E-state index >= 15 is 0 Å². The van der Waals surface area contributed by atoms with Crippen LogP contribution in [-0.2, 0) is 0 Å². The maximum Gasteiger partial charge on any atom is 0.242 e. The Morgan fingerprint density at radius 1 is 1.50 bits per heavy atom. The molecule has 74 valence electrons. The lowest BCUT2D eigenvalue weighted by molar-refractivity contribution is 0.235. The van der Waals surface area contributed by atoms with Gasteiger partial charge in [0.2, 0.25) is 5.88 Å². The van der Waals surface area contributed by atoms with Gasteiger partial charge in [0, 0.05) is 0 Å². The molecule has 5 heteroatoms. The van der Waals surface area contributed by atoms with Gasteiger partial charge in [-0.15, -0.1) is 5.10 Å². The number of rotatable bonds is 2. The molecule has 0 radical (unpaired) electrons. The lowest BCUT2D eigenvalue weighted by Crippen LogP contribution is -2.05. The molecule has 3 N–H and O–H groups in total. The number of H-pyrrole nitrogens is 1. The molecule has 0 amide bonds. The first-order valence-electron chi connectivity index (χ1n) is 4.43. The Bertz CT molecular complexity index is 449. The first-order valence-corrected chi connectivity index (χ1v) is 4.43. The van der Waals surface area contributed by atoms with Gasteiger partial charge in [-0.05, 0) is 19.9 Å². The molecule has 0 unspecified atom stereocenters. The number of nitrogens with one attached hydrogen (secondary N) is 1. The number of aromatic amines is 1. The number of nitrogens with zero attached hydrogens (tertiary/aromatic N) is 2. The second-order valence-electron chi connectivity index (χ2n) is 3.36. The van der Waals surface area contributed by atoms with Crippen LogP contribution in [0, 0.1) is 0 Å². The largest absolute Gasteiger partial charge is 0.473 e. The molecule has 14 heavy (non-hydrogen) atoms. The van der Waals surface area contributed by atoms with E-state index in [0.29, 0.717) is 17.2 Å². The van der Waals surface area contributed by atoms with Gasteiger partial charge in [0.15, 0.2) is 5.65 Å². The molecule has 2 heterocycles. The van der Waals surface area contributed by atoms with E-state index < -0.39 is 0 Å². The monoisotopic (exact) mass is 192 g/mol. The van der Waals surface area contributed by atoms with Crippen molar-refractivity contribution in [3.8, 4) is 5.88 Å². The Balaban J connectivity index is 2.50. The maximum atomic E-state index is 5.62. The number of fused-ring (bicyclic) bond motifs is 1. The molecule has 0 aliphatic rings. The summed E-state index contributed by atoms with van der Waals surface area (Å²) in [6.07, 6.45) is 1.67. The number of anilines is 1. The highest BCUT2D eigenvalue weighted by molar-refractivity contribution is 5.83. The number of nitrogen functional groups attached to an aromatic ring is 1. The van der Waals surface area contributed by atoms with Crippen LogP contribution in [0.3, 0.4) is 0 Å². The fraction of sp³-hybridized carbons (Fsp3) is 0.333. The Hall–Kier alpha value is -1.78. The van der Waals surface area contributed by atoms with Gasteiger partial charge >= 0.3 is 0 Å². The second kappa shape index (κ2) is 3.17. The zero-order valence-corrected chi connectivity index (χ0v) is 8.11. The molecule has 0 spiro atoms. The third kappa shape index (κ3) is 1.48. The summed E-state index contributed by atoms with van der Waals surface area (Å²) in [5.41, 5.74) is 6.92. The van der Waals surface area contributed by atoms with Gasteiger partial charge < -0.3 is 10.5 Å². The number of nitrogens with two attached hydrogens (primary N) is 1. The van der Waals surface area contributed by atoms with Crippen LogP contribution in [0.2, 0.25) is 0 Å². The average molecular weight is 192 g/mol. The van der Waals surface area contributed by atoms with Crippen LogP contribution in [0.1, 0.15) is 13.8 Å². The summed E-state index contributed by atoms with van der Waals surface area (Å²) in [6.45, 7) is 3.89. The van der Waals surface area contributed by atoms with Crippen LogP contribution >= 0.6 is 0 Å². The number of hydrogen-bond acceptors (Lipinski definition) is 4. The van der Waals surface area contributed by atoms with E-state index in [1.54, 1.807) is 12.3 Å². The van der Waals surface area contributed by atoms with E-state index in [-0.39, 0.29) is 6.10 Å². The van der Waals surface area contributed by atoms with Crippen molar-refractivity contribution in [3.05, 3.63) is 12.3 Å². The van der Waals surface area contributed by atoms with Crippen molar-refractivity contribution >= 4 is 16.7 Å². The van der Waals surface area contributed by atoms with Crippen molar-refractivity contribution in [2.45, 2.75) is 20.0 Å². The van der Waals surface area contributed by atoms with Gasteiger partial charge in [-0.1, -0.05) is 0 Å². The second-order valence-corrected chi connectivity index (χ2v) is 3.36. The number of ether oxygens (including phenoxy) is 1. The van der Waals surface area contributed by atoms with Gasteiger partial charge in [-0.3, -0.25) is 5.10 Å². The first kappa shape index (κ1) is 8.80. The summed E-state index contributed by atoms with van der Waals surface area (Å²) in [7, 11) is 0. The predicted octanol–water partition coefficient (Wildman–Crippen LogP) is 1.33. The maximum absolute atomic E-state index is 5.62. The lowest BCUT2D eigenvalue weighted by Gasteiger charge is -2.05. The summed E-state index contributed by atoms with van der Waals surface area (Å²) in [5.74, 6) is 0.551. The smallest absolute Gasteiger partial charge is 0.242 e. The van der Waals surface area contributed by atoms with Crippen molar-refractivity contribution in [1.82, 2.24) is 15.2 Å². The van der Waals surface area contributed by atoms with Crippen molar-refractivity contribution in [3.63, 3.8) is 0 Å². The van der Waals surface area contributed by atoms with E-state index in [2.05, 4.69) is 15.2 Å². The SMILES string of the molecule is CC(C)Oc1n[nH]c2ncc(N)cc12. The Labute approximate surface area is 81.3 Å². The topological polar surface area (TPSA) is 76.8 Å². The fourth-order valence-electron chi connectivity index (χ4n) is 1.21. The van der Waals surface area contributed by atoms with Gasteiger partial charge in [-0.25, -0.2) is 4.98 Å². The lowest BCUT2D eigenvalue weighted by atomic mass is 10.3. The van der Waals surface area contributed by atoms with E-state index in [0.717, 1.165) is 5.39 Å². The molecule has 0 fully saturated rings. The van der Waals surface area contributed by atoms with E-state index in [4.69, 9.17) is 10.5 Å². The molecular weight excluding hydrogens is 180 g/mol. The van der Waals surface area contributed by atoms with E-state index in [1.807, 2.05) is 13.8 Å². The number of aromatic nitrogens is 3. The van der Waals surface area contributed by atoms with Crippen LogP contribution < -0.4 is 10.5 Å². The van der Waals surface area contributed by atoms with Crippen molar-refractivity contribution < 1.29 is 4.74 Å². The fourth-order valence-corrected chi connectivity index (χ4v) is 1.21. The minimum atomic E-state index is 0.0860. The first-order chi connectivity index (χ1) is 6.66. The van der Waals surface area contributed by atoms with Crippen LogP contribution in [0.5, 0.6) is 5.88 Å². The molecule has 2 aromatic heterocycles. The van der Waals surface area contributed by atoms with Crippen LogP contribution in [0.15, 0.2) is 12.3 Å². The Kier molecular flexibility index (Phi) is 1.99. The quantitative estimate of drug-likeness (QED) is 0.752. The van der Waals surface area contributed by atoms with Crippen molar-refractivity contribution in [2.75, 3.05) is 5.73 Å². The molecule has 0 aliphatic carbocycles. The Morgan fingerprint density at radius 2 is 2.29 bits per heavy atom. The van der Waals surface area contributed by atoms with Crippen molar-refractivity contribution in [1.29, 1.82) is 0 Å². The minimum absolute atomic E-state index is 0.0860. The summed E-state index contributed by atoms with van der Waals surface area (Å²) < 4.78 is 5.48. The highest BCUT2D eigenvalue weighted by atomic mass is 16.5. The van der Waals surface area contributed by atoms with Gasteiger partial charge in [-0.2, -0.15) is 0 Å². The zero-order chi connectivity index (χ0) is 10.1. The third-order valence-electron chi connectivity index (χ3n) is 1.75. The average Bonchev–Trinajstić information content (AvgIpc) is 2.47. The van der Waals surface area contributed by atoms with Crippen LogP contribution in [0.25, 0.3) is 11.0 Å². The molecule has 0 aliphatic heterocycles. The zero-order valence-electron chi connectivity index (χ0n) is 8.11. The van der Waals surface area contributed by atoms with E-state index in [9.17, 15) is 0 Å². The molecule has 0 saturated carbocycles. The number of hydrogen-bond donors (Lipinski definition) is 2. The van der Waals surface area contributed by atoms with Gasteiger partial charge in [0.05, 0.1) is 23.4 Å². The highest BCUT2D eigenvalue weighted by Gasteiger charge is 2.09. The van der Waals surface area contributed by atoms with Crippen LogP contribution in [-0.4, -0.2) is 21.3 Å². The molecule has 0 saturated heterocycles. The van der Waals surface area contributed by atoms with Gasteiger partial charge in [0.25, 0.3) is 0 Å². The minimum Gasteiger partial charge on any atom is -0.473 e. The standard InChI is InChI=1S/C9H12N4O/c1-5(2)14-9-7-3-6(10)4-11-8(7)12-13-9/h3-5H,10H2,1-2H3,(H,11,12,13). The molecule has 2 rings (SSSR count). The molecule has 0 atom stereocenters.